The number of nitrogens with one attached hydrogen (secondary N) is 1. The Labute approximate surface area is 169 Å². The highest BCUT2D eigenvalue weighted by Crippen LogP contribution is 2.47. The van der Waals surface area contributed by atoms with Crippen LogP contribution in [-0.2, 0) is 10.4 Å². The number of hydrogen-bond acceptors (Lipinski definition) is 3. The molecule has 1 aromatic carbocycles. The molecule has 2 saturated carbocycles. The van der Waals surface area contributed by atoms with Crippen molar-refractivity contribution in [1.82, 2.24) is 10.2 Å². The maximum absolute atomic E-state index is 13.3. The zero-order valence-electron chi connectivity index (χ0n) is 17.3. The third-order valence-corrected chi connectivity index (χ3v) is 7.40. The summed E-state index contributed by atoms with van der Waals surface area (Å²) in [6.45, 7) is 5.66. The lowest BCUT2D eigenvalue weighted by Crippen LogP contribution is -2.51. The monoisotopic (exact) mass is 384 g/mol. The highest BCUT2D eigenvalue weighted by molar-refractivity contribution is 5.87. The first-order valence-electron chi connectivity index (χ1n) is 11.5. The quantitative estimate of drug-likeness (QED) is 0.639. The van der Waals surface area contributed by atoms with Crippen LogP contribution in [0, 0.1) is 17.8 Å². The summed E-state index contributed by atoms with van der Waals surface area (Å²) in [6, 6.07) is 9.86. The van der Waals surface area contributed by atoms with Gasteiger partial charge in [0.25, 0.3) is 5.91 Å². The van der Waals surface area contributed by atoms with Crippen LogP contribution in [0.3, 0.4) is 0 Å². The number of rotatable bonds is 9. The normalized spacial score (nSPS) is 29.4. The molecule has 1 heterocycles. The van der Waals surface area contributed by atoms with Crippen LogP contribution in [0.1, 0.15) is 63.9 Å². The topological polar surface area (TPSA) is 52.6 Å². The molecule has 3 unspecified atom stereocenters. The first kappa shape index (κ1) is 19.9. The van der Waals surface area contributed by atoms with Gasteiger partial charge in [0.15, 0.2) is 5.60 Å². The van der Waals surface area contributed by atoms with Gasteiger partial charge in [-0.3, -0.25) is 4.79 Å². The molecule has 4 nitrogen and oxygen atoms in total. The summed E-state index contributed by atoms with van der Waals surface area (Å²) in [6.07, 6.45) is 9.31. The Morgan fingerprint density at radius 3 is 2.43 bits per heavy atom. The lowest BCUT2D eigenvalue weighted by molar-refractivity contribution is -0.147. The Kier molecular flexibility index (Phi) is 6.07. The molecule has 1 saturated heterocycles. The molecule has 4 rings (SSSR count). The number of nitrogens with zero attached hydrogens (tertiary/aromatic N) is 1. The van der Waals surface area contributed by atoms with Gasteiger partial charge in [-0.15, -0.1) is 0 Å². The molecule has 1 amide bonds. The van der Waals surface area contributed by atoms with Crippen molar-refractivity contribution >= 4 is 5.91 Å². The molecule has 4 heteroatoms. The predicted molar refractivity (Wildman–Crippen MR) is 112 cm³/mol. The average Bonchev–Trinajstić information content (AvgIpc) is 3.15. The molecule has 0 bridgehead atoms. The Balaban J connectivity index is 1.34. The van der Waals surface area contributed by atoms with Crippen LogP contribution in [0.5, 0.6) is 0 Å². The van der Waals surface area contributed by atoms with Gasteiger partial charge in [-0.1, -0.05) is 69.4 Å². The van der Waals surface area contributed by atoms with Gasteiger partial charge in [-0.05, 0) is 43.2 Å². The average molecular weight is 385 g/mol. The number of carbonyl (C=O) groups excluding carboxylic acids is 1. The first-order chi connectivity index (χ1) is 13.6. The third kappa shape index (κ3) is 3.86. The molecular weight excluding hydrogens is 348 g/mol. The maximum atomic E-state index is 13.3. The van der Waals surface area contributed by atoms with Gasteiger partial charge in [-0.25, -0.2) is 0 Å². The number of amides is 1. The van der Waals surface area contributed by atoms with E-state index in [1.807, 2.05) is 30.3 Å². The fraction of sp³-hybridized carbons (Fsp3) is 0.708. The van der Waals surface area contributed by atoms with E-state index in [4.69, 9.17) is 0 Å². The number of hydrogen-bond donors (Lipinski definition) is 2. The molecule has 3 fully saturated rings. The number of benzene rings is 1. The van der Waals surface area contributed by atoms with Crippen LogP contribution in [0.15, 0.2) is 30.3 Å². The summed E-state index contributed by atoms with van der Waals surface area (Å²) in [5.41, 5.74) is -0.628. The van der Waals surface area contributed by atoms with E-state index in [0.717, 1.165) is 44.3 Å². The molecule has 28 heavy (non-hydrogen) atoms. The van der Waals surface area contributed by atoms with E-state index in [9.17, 15) is 9.90 Å². The van der Waals surface area contributed by atoms with Crippen molar-refractivity contribution in [2.45, 2.75) is 69.9 Å². The molecule has 0 radical (unpaired) electrons. The smallest absolute Gasteiger partial charge is 0.257 e. The van der Waals surface area contributed by atoms with Gasteiger partial charge < -0.3 is 15.3 Å². The van der Waals surface area contributed by atoms with Gasteiger partial charge in [0.2, 0.25) is 0 Å². The van der Waals surface area contributed by atoms with Crippen molar-refractivity contribution in [1.29, 1.82) is 0 Å². The van der Waals surface area contributed by atoms with E-state index in [-0.39, 0.29) is 17.9 Å². The van der Waals surface area contributed by atoms with Gasteiger partial charge in [-0.2, -0.15) is 0 Å². The fourth-order valence-electron chi connectivity index (χ4n) is 5.62. The van der Waals surface area contributed by atoms with Gasteiger partial charge in [0, 0.05) is 25.0 Å². The second kappa shape index (κ2) is 8.54. The molecule has 0 aromatic heterocycles. The number of likely N-dealkylation sites (tertiary alicyclic amines) is 1. The minimum absolute atomic E-state index is 0.0311. The summed E-state index contributed by atoms with van der Waals surface area (Å²) in [5.74, 6) is 1.03. The summed E-state index contributed by atoms with van der Waals surface area (Å²) in [5, 5.41) is 14.8. The lowest BCUT2D eigenvalue weighted by Gasteiger charge is -2.33. The molecule has 2 N–H and O–H groups in total. The summed E-state index contributed by atoms with van der Waals surface area (Å²) < 4.78 is 0. The Morgan fingerprint density at radius 2 is 1.79 bits per heavy atom. The SMILES string of the molecule is CCCCCCN1CC2C(NC(=O)C(O)(c3ccccc3)C3CCCC3)[C@@H]2C1. The Bertz CT molecular complexity index is 646. The number of fused-ring (bicyclic) bond motifs is 1. The van der Waals surface area contributed by atoms with Crippen molar-refractivity contribution < 1.29 is 9.90 Å². The molecule has 1 aromatic rings. The molecule has 0 spiro atoms. The van der Waals surface area contributed by atoms with Crippen molar-refractivity contribution in [3.8, 4) is 0 Å². The third-order valence-electron chi connectivity index (χ3n) is 7.40. The molecule has 2 aliphatic carbocycles. The Hall–Kier alpha value is -1.39. The van der Waals surface area contributed by atoms with Crippen molar-refractivity contribution in [3.05, 3.63) is 35.9 Å². The van der Waals surface area contributed by atoms with Gasteiger partial charge in [0.05, 0.1) is 0 Å². The molecule has 1 aliphatic heterocycles. The lowest BCUT2D eigenvalue weighted by atomic mass is 9.79. The standard InChI is InChI=1S/C24H36N2O2/c1-2-3-4-10-15-26-16-20-21(17-26)22(20)25-23(27)24(28,19-13-8-9-14-19)18-11-6-5-7-12-18/h5-7,11-12,19-22,28H,2-4,8-10,13-17H2,1H3,(H,25,27)/t20-,21?,22?,24?/m1/s1. The number of piperidine rings is 1. The van der Waals surface area contributed by atoms with Crippen molar-refractivity contribution in [2.75, 3.05) is 19.6 Å². The molecule has 3 aliphatic rings. The zero-order valence-corrected chi connectivity index (χ0v) is 17.3. The summed E-state index contributed by atoms with van der Waals surface area (Å²) in [7, 11) is 0. The zero-order chi connectivity index (χ0) is 19.6. The van der Waals surface area contributed by atoms with Crippen LogP contribution in [-0.4, -0.2) is 41.6 Å². The predicted octanol–water partition coefficient (Wildman–Crippen LogP) is 3.69. The van der Waals surface area contributed by atoms with E-state index in [0.29, 0.717) is 11.8 Å². The van der Waals surface area contributed by atoms with E-state index in [1.54, 1.807) is 0 Å². The van der Waals surface area contributed by atoms with Crippen LogP contribution in [0.2, 0.25) is 0 Å². The first-order valence-corrected chi connectivity index (χ1v) is 11.5. The van der Waals surface area contributed by atoms with Gasteiger partial charge >= 0.3 is 0 Å². The fourth-order valence-corrected chi connectivity index (χ4v) is 5.62. The van der Waals surface area contributed by atoms with Crippen molar-refractivity contribution in [2.24, 2.45) is 17.8 Å². The van der Waals surface area contributed by atoms with Crippen molar-refractivity contribution in [3.63, 3.8) is 0 Å². The second-order valence-corrected chi connectivity index (χ2v) is 9.26. The number of carbonyl (C=O) groups is 1. The number of unbranched alkanes of at least 4 members (excludes halogenated alkanes) is 3. The minimum Gasteiger partial charge on any atom is -0.375 e. The molecule has 4 atom stereocenters. The Morgan fingerprint density at radius 1 is 1.11 bits per heavy atom. The highest BCUT2D eigenvalue weighted by Gasteiger charge is 2.58. The maximum Gasteiger partial charge on any atom is 0.257 e. The molecular formula is C24H36N2O2. The van der Waals surface area contributed by atoms with E-state index < -0.39 is 5.60 Å². The minimum atomic E-state index is -1.38. The van der Waals surface area contributed by atoms with Gasteiger partial charge in [0.1, 0.15) is 0 Å². The van der Waals surface area contributed by atoms with Crippen LogP contribution in [0.25, 0.3) is 0 Å². The second-order valence-electron chi connectivity index (χ2n) is 9.26. The van der Waals surface area contributed by atoms with E-state index in [2.05, 4.69) is 17.1 Å². The van der Waals surface area contributed by atoms with Crippen LogP contribution < -0.4 is 5.32 Å². The largest absolute Gasteiger partial charge is 0.375 e. The summed E-state index contributed by atoms with van der Waals surface area (Å²) in [4.78, 5) is 15.8. The van der Waals surface area contributed by atoms with E-state index >= 15 is 0 Å². The highest BCUT2D eigenvalue weighted by atomic mass is 16.3. The van der Waals surface area contributed by atoms with E-state index in [1.165, 1.54) is 32.2 Å². The van der Waals surface area contributed by atoms with Crippen LogP contribution in [0.4, 0.5) is 0 Å². The molecule has 154 valence electrons. The summed E-state index contributed by atoms with van der Waals surface area (Å²) >= 11 is 0. The number of aliphatic hydroxyl groups is 1. The van der Waals surface area contributed by atoms with Crippen LogP contribution >= 0.6 is 0 Å².